The van der Waals surface area contributed by atoms with Gasteiger partial charge in [-0.2, -0.15) is 4.31 Å². The predicted octanol–water partition coefficient (Wildman–Crippen LogP) is 2.03. The summed E-state index contributed by atoms with van der Waals surface area (Å²) in [6, 6.07) is 6.62. The molecule has 0 aliphatic carbocycles. The first-order valence-corrected chi connectivity index (χ1v) is 14.6. The zero-order chi connectivity index (χ0) is 29.6. The van der Waals surface area contributed by atoms with Crippen LogP contribution in [-0.2, 0) is 19.6 Å². The third-order valence-corrected chi connectivity index (χ3v) is 8.40. The predicted molar refractivity (Wildman–Crippen MR) is 155 cm³/mol. The number of carbonyl (C=O) groups is 2. The number of phenols is 1. The Morgan fingerprint density at radius 1 is 1.00 bits per heavy atom. The van der Waals surface area contributed by atoms with Gasteiger partial charge in [0.1, 0.15) is 5.75 Å². The van der Waals surface area contributed by atoms with Gasteiger partial charge in [0.05, 0.1) is 12.1 Å². The van der Waals surface area contributed by atoms with Crippen LogP contribution in [-0.4, -0.2) is 83.9 Å². The zero-order valence-electron chi connectivity index (χ0n) is 22.4. The molecule has 4 rings (SSSR count). The molecule has 0 saturated carbocycles. The molecule has 1 aromatic carbocycles. The highest BCUT2D eigenvalue weighted by Gasteiger charge is 2.41. The highest BCUT2D eigenvalue weighted by molar-refractivity contribution is 7.92. The second-order valence-electron chi connectivity index (χ2n) is 9.34. The monoisotopic (exact) mass is 599 g/mol. The van der Waals surface area contributed by atoms with Crippen LogP contribution < -0.4 is 15.5 Å². The second-order valence-corrected chi connectivity index (χ2v) is 11.6. The van der Waals surface area contributed by atoms with E-state index in [-0.39, 0.29) is 55.0 Å². The van der Waals surface area contributed by atoms with E-state index in [1.54, 1.807) is 29.7 Å². The summed E-state index contributed by atoms with van der Waals surface area (Å²) in [7, 11) is -1.05. The number of benzene rings is 1. The number of nitrogens with zero attached hydrogens (tertiary/aromatic N) is 5. The lowest BCUT2D eigenvalue weighted by molar-refractivity contribution is -0.121. The molecule has 2 aromatic heterocycles. The van der Waals surface area contributed by atoms with E-state index in [1.165, 1.54) is 42.7 Å². The minimum atomic E-state index is -4.04. The number of hydrogen-bond donors (Lipinski definition) is 3. The maximum absolute atomic E-state index is 13.5. The minimum absolute atomic E-state index is 0.0631. The van der Waals surface area contributed by atoms with Crippen molar-refractivity contribution in [3.8, 4) is 16.9 Å². The van der Waals surface area contributed by atoms with Crippen molar-refractivity contribution in [3.63, 3.8) is 0 Å². The van der Waals surface area contributed by atoms with E-state index in [9.17, 15) is 23.1 Å². The Bertz CT molecular complexity index is 1490. The summed E-state index contributed by atoms with van der Waals surface area (Å²) in [4.78, 5) is 39.9. The van der Waals surface area contributed by atoms with Crippen molar-refractivity contribution in [1.29, 1.82) is 0 Å². The summed E-state index contributed by atoms with van der Waals surface area (Å²) in [5.74, 6) is -0.527. The summed E-state index contributed by atoms with van der Waals surface area (Å²) in [5.41, 5.74) is 1.88. The van der Waals surface area contributed by atoms with Crippen molar-refractivity contribution in [3.05, 3.63) is 71.1 Å². The van der Waals surface area contributed by atoms with Crippen LogP contribution in [0.3, 0.4) is 0 Å². The average molecular weight is 600 g/mol. The molecule has 2 atom stereocenters. The molecule has 3 aromatic rings. The lowest BCUT2D eigenvalue weighted by Crippen LogP contribution is -2.62. The minimum Gasteiger partial charge on any atom is -0.507 e. The SMILES string of the molecule is CNC(=O)CC1CN(S(=O)(=O)C=Cc2ccc(Cl)cc2O)CC(CC(=O)NC)N1c1ncc(-c2ccncc2)cn1. The van der Waals surface area contributed by atoms with Crippen LogP contribution in [0.2, 0.25) is 5.02 Å². The number of phenolic OH excluding ortho intramolecular Hbond substituents is 1. The molecule has 2 unspecified atom stereocenters. The van der Waals surface area contributed by atoms with E-state index in [0.717, 1.165) is 16.5 Å². The van der Waals surface area contributed by atoms with E-state index in [0.29, 0.717) is 5.02 Å². The second kappa shape index (κ2) is 13.1. The summed E-state index contributed by atoms with van der Waals surface area (Å²) >= 11 is 5.88. The van der Waals surface area contributed by atoms with Crippen LogP contribution in [0.25, 0.3) is 17.2 Å². The van der Waals surface area contributed by atoms with E-state index >= 15 is 0 Å². The highest BCUT2D eigenvalue weighted by Crippen LogP contribution is 2.29. The fraction of sp³-hybridized carbons (Fsp3) is 0.296. The molecule has 14 heteroatoms. The normalized spacial score (nSPS) is 17.9. The maximum atomic E-state index is 13.5. The maximum Gasteiger partial charge on any atom is 0.236 e. The standard InChI is InChI=1S/C27H30ClN7O5S/c1-29-25(37)12-22-16-34(41(39,40)10-7-19-3-4-21(28)11-24(19)36)17-23(13-26(38)30-2)35(22)27-32-14-20(15-33-27)18-5-8-31-9-6-18/h3-11,14-15,22-23,36H,12-13,16-17H2,1-2H3,(H,29,37)(H,30,38). The number of hydrogen-bond acceptors (Lipinski definition) is 9. The Morgan fingerprint density at radius 3 is 2.12 bits per heavy atom. The molecular formula is C27H30ClN7O5S. The van der Waals surface area contributed by atoms with Gasteiger partial charge in [0.15, 0.2) is 0 Å². The average Bonchev–Trinajstić information content (AvgIpc) is 2.97. The summed E-state index contributed by atoms with van der Waals surface area (Å²) in [6.07, 6.45) is 7.73. The van der Waals surface area contributed by atoms with Gasteiger partial charge < -0.3 is 20.6 Å². The molecule has 3 heterocycles. The summed E-state index contributed by atoms with van der Waals surface area (Å²) in [6.45, 7) is -0.126. The third kappa shape index (κ3) is 7.37. The number of anilines is 1. The fourth-order valence-electron chi connectivity index (χ4n) is 4.56. The van der Waals surface area contributed by atoms with Gasteiger partial charge in [-0.25, -0.2) is 18.4 Å². The van der Waals surface area contributed by atoms with Crippen molar-refractivity contribution < 1.29 is 23.1 Å². The molecule has 12 nitrogen and oxygen atoms in total. The molecule has 1 fully saturated rings. The number of nitrogens with one attached hydrogen (secondary N) is 2. The molecular weight excluding hydrogens is 570 g/mol. The van der Waals surface area contributed by atoms with Crippen molar-refractivity contribution in [2.75, 3.05) is 32.1 Å². The van der Waals surface area contributed by atoms with Crippen molar-refractivity contribution in [2.24, 2.45) is 0 Å². The number of aromatic hydroxyl groups is 1. The van der Waals surface area contributed by atoms with Crippen molar-refractivity contribution in [1.82, 2.24) is 29.9 Å². The number of carbonyl (C=O) groups excluding carboxylic acids is 2. The molecule has 0 bridgehead atoms. The Balaban J connectivity index is 1.69. The van der Waals surface area contributed by atoms with Crippen LogP contribution >= 0.6 is 11.6 Å². The topological polar surface area (TPSA) is 158 Å². The van der Waals surface area contributed by atoms with Gasteiger partial charge in [-0.1, -0.05) is 11.6 Å². The lowest BCUT2D eigenvalue weighted by atomic mass is 10.0. The number of sulfonamides is 1. The highest BCUT2D eigenvalue weighted by atomic mass is 35.5. The van der Waals surface area contributed by atoms with Crippen LogP contribution in [0, 0.1) is 0 Å². The van der Waals surface area contributed by atoms with Gasteiger partial charge in [-0.05, 0) is 42.0 Å². The van der Waals surface area contributed by atoms with Gasteiger partial charge in [-0.3, -0.25) is 14.6 Å². The molecule has 3 N–H and O–H groups in total. The molecule has 41 heavy (non-hydrogen) atoms. The Hall–Kier alpha value is -4.07. The molecule has 2 amide bonds. The first-order valence-electron chi connectivity index (χ1n) is 12.7. The van der Waals surface area contributed by atoms with Gasteiger partial charge in [-0.15, -0.1) is 0 Å². The van der Waals surface area contributed by atoms with Crippen molar-refractivity contribution >= 4 is 45.5 Å². The summed E-state index contributed by atoms with van der Waals surface area (Å²) in [5, 5.41) is 16.6. The Morgan fingerprint density at radius 2 is 1.59 bits per heavy atom. The first kappa shape index (κ1) is 29.9. The lowest BCUT2D eigenvalue weighted by Gasteiger charge is -2.45. The number of pyridine rings is 1. The summed E-state index contributed by atoms with van der Waals surface area (Å²) < 4.78 is 28.1. The number of halogens is 1. The van der Waals surface area contributed by atoms with Crippen LogP contribution in [0.15, 0.2) is 60.5 Å². The van der Waals surface area contributed by atoms with Gasteiger partial charge >= 0.3 is 0 Å². The number of aromatic nitrogens is 3. The van der Waals surface area contributed by atoms with Gasteiger partial charge in [0, 0.05) is 86.4 Å². The first-order chi connectivity index (χ1) is 19.6. The third-order valence-electron chi connectivity index (χ3n) is 6.67. The molecule has 1 aliphatic heterocycles. The van der Waals surface area contributed by atoms with E-state index in [1.807, 2.05) is 12.1 Å². The molecule has 1 aliphatic rings. The van der Waals surface area contributed by atoms with Gasteiger partial charge in [0.2, 0.25) is 27.8 Å². The van der Waals surface area contributed by atoms with Crippen molar-refractivity contribution in [2.45, 2.75) is 24.9 Å². The van der Waals surface area contributed by atoms with Crippen LogP contribution in [0.4, 0.5) is 5.95 Å². The number of rotatable bonds is 9. The smallest absolute Gasteiger partial charge is 0.236 e. The van der Waals surface area contributed by atoms with E-state index in [4.69, 9.17) is 11.6 Å². The zero-order valence-corrected chi connectivity index (χ0v) is 24.0. The van der Waals surface area contributed by atoms with E-state index in [2.05, 4.69) is 25.6 Å². The van der Waals surface area contributed by atoms with E-state index < -0.39 is 22.1 Å². The van der Waals surface area contributed by atoms with Gasteiger partial charge in [0.25, 0.3) is 0 Å². The molecule has 216 valence electrons. The van der Waals surface area contributed by atoms with Crippen LogP contribution in [0.1, 0.15) is 18.4 Å². The number of piperazine rings is 1. The Labute approximate surface area is 243 Å². The largest absolute Gasteiger partial charge is 0.507 e. The number of amides is 2. The fourth-order valence-corrected chi connectivity index (χ4v) is 5.98. The Kier molecular flexibility index (Phi) is 9.53. The molecule has 1 saturated heterocycles. The molecule has 0 spiro atoms. The molecule has 0 radical (unpaired) electrons. The quantitative estimate of drug-likeness (QED) is 0.335. The van der Waals surface area contributed by atoms with Crippen LogP contribution in [0.5, 0.6) is 5.75 Å².